The molecule has 0 aliphatic rings. The van der Waals surface area contributed by atoms with Gasteiger partial charge in [0.1, 0.15) is 0 Å². The van der Waals surface area contributed by atoms with Gasteiger partial charge >= 0.3 is 0 Å². The van der Waals surface area contributed by atoms with Gasteiger partial charge in [-0.25, -0.2) is 0 Å². The second kappa shape index (κ2) is 9.17. The third-order valence-corrected chi connectivity index (χ3v) is 3.14. The van der Waals surface area contributed by atoms with Gasteiger partial charge in [-0.1, -0.05) is 27.7 Å². The van der Waals surface area contributed by atoms with E-state index in [1.165, 1.54) is 25.9 Å². The van der Waals surface area contributed by atoms with Gasteiger partial charge in [0.25, 0.3) is 0 Å². The molecule has 0 aliphatic carbocycles. The molecule has 0 rings (SSSR count). The molecule has 0 aliphatic heterocycles. The molecule has 1 N–H and O–H groups in total. The maximum atomic E-state index is 3.44. The third-order valence-electron chi connectivity index (χ3n) is 3.14. The highest BCUT2D eigenvalue weighted by Crippen LogP contribution is 2.11. The van der Waals surface area contributed by atoms with Gasteiger partial charge in [-0.15, -0.1) is 0 Å². The van der Waals surface area contributed by atoms with Crippen molar-refractivity contribution in [1.29, 1.82) is 0 Å². The quantitative estimate of drug-likeness (QED) is 0.635. The van der Waals surface area contributed by atoms with Crippen LogP contribution >= 0.6 is 0 Å². The van der Waals surface area contributed by atoms with Crippen LogP contribution in [0.1, 0.15) is 47.5 Å². The Morgan fingerprint density at radius 3 is 1.93 bits per heavy atom. The zero-order valence-corrected chi connectivity index (χ0v) is 11.3. The summed E-state index contributed by atoms with van der Waals surface area (Å²) in [4.78, 5) is 2.63. The molecule has 0 saturated carbocycles. The monoisotopic (exact) mass is 214 g/mol. The normalized spacial score (nSPS) is 15.6. The molecule has 0 radical (unpaired) electrons. The van der Waals surface area contributed by atoms with Crippen LogP contribution in [0.4, 0.5) is 0 Å². The van der Waals surface area contributed by atoms with E-state index in [0.29, 0.717) is 6.04 Å². The molecule has 2 atom stereocenters. The van der Waals surface area contributed by atoms with E-state index >= 15 is 0 Å². The summed E-state index contributed by atoms with van der Waals surface area (Å²) >= 11 is 0. The molecule has 0 amide bonds. The molecule has 0 aromatic heterocycles. The van der Waals surface area contributed by atoms with Crippen LogP contribution in [-0.2, 0) is 0 Å². The smallest absolute Gasteiger partial charge is 0.0105 e. The van der Waals surface area contributed by atoms with Crippen molar-refractivity contribution in [2.45, 2.75) is 53.5 Å². The zero-order chi connectivity index (χ0) is 11.7. The second-order valence-electron chi connectivity index (χ2n) is 4.56. The lowest BCUT2D eigenvalue weighted by Gasteiger charge is -2.33. The molecule has 15 heavy (non-hydrogen) atoms. The first-order valence-electron chi connectivity index (χ1n) is 6.62. The number of rotatable bonds is 9. The first-order valence-corrected chi connectivity index (χ1v) is 6.62. The van der Waals surface area contributed by atoms with Crippen molar-refractivity contribution in [3.8, 4) is 0 Å². The molecule has 0 aromatic rings. The summed E-state index contributed by atoms with van der Waals surface area (Å²) < 4.78 is 0. The predicted octanol–water partition coefficient (Wildman–Crippen LogP) is 2.74. The van der Waals surface area contributed by atoms with Crippen LogP contribution in [0.2, 0.25) is 0 Å². The molecule has 0 saturated heterocycles. The maximum Gasteiger partial charge on any atom is 0.0105 e. The van der Waals surface area contributed by atoms with Crippen LogP contribution in [0, 0.1) is 5.92 Å². The van der Waals surface area contributed by atoms with Crippen molar-refractivity contribution in [2.24, 2.45) is 5.92 Å². The molecule has 0 heterocycles. The van der Waals surface area contributed by atoms with Gasteiger partial charge in [-0.05, 0) is 51.9 Å². The number of nitrogens with one attached hydrogen (secondary N) is 1. The van der Waals surface area contributed by atoms with Crippen LogP contribution in [0.15, 0.2) is 0 Å². The highest BCUT2D eigenvalue weighted by Gasteiger charge is 2.18. The van der Waals surface area contributed by atoms with E-state index in [4.69, 9.17) is 0 Å². The minimum atomic E-state index is 0.698. The van der Waals surface area contributed by atoms with Crippen molar-refractivity contribution < 1.29 is 0 Å². The van der Waals surface area contributed by atoms with Crippen molar-refractivity contribution in [3.05, 3.63) is 0 Å². The van der Waals surface area contributed by atoms with Crippen LogP contribution < -0.4 is 5.32 Å². The van der Waals surface area contributed by atoms with E-state index in [2.05, 4.69) is 44.8 Å². The van der Waals surface area contributed by atoms with Gasteiger partial charge in [0.05, 0.1) is 0 Å². The van der Waals surface area contributed by atoms with Crippen LogP contribution in [-0.4, -0.2) is 37.1 Å². The summed E-state index contributed by atoms with van der Waals surface area (Å²) in [5.74, 6) is 0.739. The lowest BCUT2D eigenvalue weighted by atomic mass is 10.0. The standard InChI is InChI=1S/C13H30N2/c1-6-9-15(10-7-2)13(5)12(4)11-14-8-3/h12-14H,6-11H2,1-5H3. The Hall–Kier alpha value is -0.0800. The van der Waals surface area contributed by atoms with Crippen LogP contribution in [0.25, 0.3) is 0 Å². The minimum absolute atomic E-state index is 0.698. The Labute approximate surface area is 96.4 Å². The number of hydrogen-bond donors (Lipinski definition) is 1. The largest absolute Gasteiger partial charge is 0.317 e. The Morgan fingerprint density at radius 1 is 1.00 bits per heavy atom. The summed E-state index contributed by atoms with van der Waals surface area (Å²) in [6.45, 7) is 16.1. The van der Waals surface area contributed by atoms with Gasteiger partial charge in [0.2, 0.25) is 0 Å². The summed E-state index contributed by atoms with van der Waals surface area (Å²) in [6.07, 6.45) is 2.52. The first kappa shape index (κ1) is 14.9. The average Bonchev–Trinajstić information content (AvgIpc) is 2.24. The van der Waals surface area contributed by atoms with E-state index in [1.807, 2.05) is 0 Å². The van der Waals surface area contributed by atoms with Gasteiger partial charge in [-0.2, -0.15) is 0 Å². The molecule has 0 fully saturated rings. The van der Waals surface area contributed by atoms with Gasteiger partial charge < -0.3 is 10.2 Å². The molecule has 2 unspecified atom stereocenters. The lowest BCUT2D eigenvalue weighted by Crippen LogP contribution is -2.42. The molecule has 0 bridgehead atoms. The predicted molar refractivity (Wildman–Crippen MR) is 69.3 cm³/mol. The zero-order valence-electron chi connectivity index (χ0n) is 11.3. The Morgan fingerprint density at radius 2 is 1.53 bits per heavy atom. The van der Waals surface area contributed by atoms with Gasteiger partial charge in [-0.3, -0.25) is 0 Å². The molecule has 2 heteroatoms. The minimum Gasteiger partial charge on any atom is -0.317 e. The SMILES string of the molecule is CCCN(CCC)C(C)C(C)CNCC. The summed E-state index contributed by atoms with van der Waals surface area (Å²) in [5, 5.41) is 3.44. The highest BCUT2D eigenvalue weighted by molar-refractivity contribution is 4.73. The van der Waals surface area contributed by atoms with Crippen molar-refractivity contribution >= 4 is 0 Å². The molecular formula is C13H30N2. The van der Waals surface area contributed by atoms with Crippen molar-refractivity contribution in [1.82, 2.24) is 10.2 Å². The van der Waals surface area contributed by atoms with E-state index < -0.39 is 0 Å². The van der Waals surface area contributed by atoms with E-state index in [1.54, 1.807) is 0 Å². The number of nitrogens with zero attached hydrogens (tertiary/aromatic N) is 1. The third kappa shape index (κ3) is 6.16. The molecule has 0 spiro atoms. The van der Waals surface area contributed by atoms with Crippen molar-refractivity contribution in [2.75, 3.05) is 26.2 Å². The van der Waals surface area contributed by atoms with Crippen LogP contribution in [0.3, 0.4) is 0 Å². The topological polar surface area (TPSA) is 15.3 Å². The Kier molecular flexibility index (Phi) is 9.12. The Bertz CT molecular complexity index is 130. The van der Waals surface area contributed by atoms with E-state index in [9.17, 15) is 0 Å². The maximum absolute atomic E-state index is 3.44. The lowest BCUT2D eigenvalue weighted by molar-refractivity contribution is 0.160. The highest BCUT2D eigenvalue weighted by atomic mass is 15.2. The second-order valence-corrected chi connectivity index (χ2v) is 4.56. The fraction of sp³-hybridized carbons (Fsp3) is 1.00. The molecule has 2 nitrogen and oxygen atoms in total. The molecule has 0 aromatic carbocycles. The fourth-order valence-electron chi connectivity index (χ4n) is 2.00. The molecular weight excluding hydrogens is 184 g/mol. The summed E-state index contributed by atoms with van der Waals surface area (Å²) in [7, 11) is 0. The van der Waals surface area contributed by atoms with E-state index in [-0.39, 0.29) is 0 Å². The molecule has 92 valence electrons. The van der Waals surface area contributed by atoms with Crippen LogP contribution in [0.5, 0.6) is 0 Å². The first-order chi connectivity index (χ1) is 7.17. The van der Waals surface area contributed by atoms with Gasteiger partial charge in [0.15, 0.2) is 0 Å². The fourth-order valence-corrected chi connectivity index (χ4v) is 2.00. The summed E-state index contributed by atoms with van der Waals surface area (Å²) in [6, 6.07) is 0.698. The van der Waals surface area contributed by atoms with Crippen molar-refractivity contribution in [3.63, 3.8) is 0 Å². The Balaban J connectivity index is 4.02. The average molecular weight is 214 g/mol. The number of hydrogen-bond acceptors (Lipinski definition) is 2. The van der Waals surface area contributed by atoms with Gasteiger partial charge in [0, 0.05) is 6.04 Å². The van der Waals surface area contributed by atoms with E-state index in [0.717, 1.165) is 19.0 Å². The summed E-state index contributed by atoms with van der Waals surface area (Å²) in [5.41, 5.74) is 0.